The summed E-state index contributed by atoms with van der Waals surface area (Å²) >= 11 is 24.4. The quantitative estimate of drug-likeness (QED) is 0.340. The molecule has 1 atom stereocenters. The van der Waals surface area contributed by atoms with E-state index in [2.05, 4.69) is 5.32 Å². The van der Waals surface area contributed by atoms with Crippen molar-refractivity contribution >= 4 is 73.9 Å². The SMILES string of the molecule is CC[C@@H](C(=O)NCC(C)C)N(Cc1ccc(Cl)cc1)C(=O)CN(c1cc(Cl)c(Cl)cc1Cl)S(C)(=O)=O. The molecule has 2 amide bonds. The van der Waals surface area contributed by atoms with E-state index in [4.69, 9.17) is 46.4 Å². The molecule has 0 heterocycles. The summed E-state index contributed by atoms with van der Waals surface area (Å²) in [6, 6.07) is 8.60. The molecule has 2 rings (SSSR count). The van der Waals surface area contributed by atoms with Crippen molar-refractivity contribution in [3.63, 3.8) is 0 Å². The average molecular weight is 597 g/mol. The first-order valence-corrected chi connectivity index (χ1v) is 14.5. The molecule has 0 saturated heterocycles. The van der Waals surface area contributed by atoms with Crippen molar-refractivity contribution in [1.29, 1.82) is 0 Å². The predicted octanol–water partition coefficient (Wildman–Crippen LogP) is 5.65. The normalized spacial score (nSPS) is 12.4. The van der Waals surface area contributed by atoms with E-state index < -0.39 is 28.5 Å². The fourth-order valence-electron chi connectivity index (χ4n) is 3.43. The van der Waals surface area contributed by atoms with E-state index in [0.717, 1.165) is 16.1 Å². The minimum atomic E-state index is -3.97. The van der Waals surface area contributed by atoms with Crippen LogP contribution in [-0.4, -0.2) is 50.5 Å². The first-order valence-electron chi connectivity index (χ1n) is 11.2. The van der Waals surface area contributed by atoms with E-state index in [1.54, 1.807) is 31.2 Å². The molecular weight excluding hydrogens is 568 g/mol. The molecule has 12 heteroatoms. The topological polar surface area (TPSA) is 86.8 Å². The minimum absolute atomic E-state index is 0.00525. The van der Waals surface area contributed by atoms with Crippen LogP contribution in [0.3, 0.4) is 0 Å². The third-order valence-electron chi connectivity index (χ3n) is 5.27. The largest absolute Gasteiger partial charge is 0.354 e. The Morgan fingerprint density at radius 1 is 0.972 bits per heavy atom. The highest BCUT2D eigenvalue weighted by molar-refractivity contribution is 7.92. The highest BCUT2D eigenvalue weighted by atomic mass is 35.5. The molecule has 1 N–H and O–H groups in total. The summed E-state index contributed by atoms with van der Waals surface area (Å²) in [6.07, 6.45) is 1.27. The monoisotopic (exact) mass is 595 g/mol. The number of amides is 2. The van der Waals surface area contributed by atoms with Crippen LogP contribution in [0, 0.1) is 5.92 Å². The fourth-order valence-corrected chi connectivity index (χ4v) is 5.10. The fraction of sp³-hybridized carbons (Fsp3) is 0.417. The van der Waals surface area contributed by atoms with Crippen molar-refractivity contribution in [2.45, 2.75) is 39.8 Å². The van der Waals surface area contributed by atoms with Crippen molar-refractivity contribution in [2.24, 2.45) is 5.92 Å². The molecule has 2 aromatic rings. The zero-order chi connectivity index (χ0) is 27.2. The number of nitrogens with one attached hydrogen (secondary N) is 1. The van der Waals surface area contributed by atoms with Crippen molar-refractivity contribution in [2.75, 3.05) is 23.7 Å². The summed E-state index contributed by atoms with van der Waals surface area (Å²) in [5.41, 5.74) is 0.729. The van der Waals surface area contributed by atoms with Gasteiger partial charge in [0.2, 0.25) is 21.8 Å². The third-order valence-corrected chi connectivity index (χ3v) is 7.68. The van der Waals surface area contributed by atoms with Crippen LogP contribution >= 0.6 is 46.4 Å². The molecular formula is C24H29Cl4N3O4S. The molecule has 0 spiro atoms. The van der Waals surface area contributed by atoms with Crippen molar-refractivity contribution in [3.05, 3.63) is 62.1 Å². The summed E-state index contributed by atoms with van der Waals surface area (Å²) in [4.78, 5) is 28.1. The molecule has 0 saturated carbocycles. The molecule has 0 bridgehead atoms. The van der Waals surface area contributed by atoms with Gasteiger partial charge in [0, 0.05) is 18.1 Å². The number of benzene rings is 2. The summed E-state index contributed by atoms with van der Waals surface area (Å²) < 4.78 is 26.3. The molecule has 36 heavy (non-hydrogen) atoms. The van der Waals surface area contributed by atoms with Gasteiger partial charge in [0.05, 0.1) is 27.0 Å². The van der Waals surface area contributed by atoms with E-state index in [9.17, 15) is 18.0 Å². The van der Waals surface area contributed by atoms with Crippen LogP contribution in [0.5, 0.6) is 0 Å². The smallest absolute Gasteiger partial charge is 0.244 e. The van der Waals surface area contributed by atoms with Gasteiger partial charge in [-0.25, -0.2) is 8.42 Å². The maximum atomic E-state index is 13.7. The Morgan fingerprint density at radius 2 is 1.56 bits per heavy atom. The number of carbonyl (C=O) groups excluding carboxylic acids is 2. The summed E-state index contributed by atoms with van der Waals surface area (Å²) in [5, 5.41) is 3.61. The first kappa shape index (κ1) is 30.5. The van der Waals surface area contributed by atoms with E-state index >= 15 is 0 Å². The van der Waals surface area contributed by atoms with Crippen LogP contribution in [0.15, 0.2) is 36.4 Å². The molecule has 7 nitrogen and oxygen atoms in total. The number of nitrogens with zero attached hydrogens (tertiary/aromatic N) is 2. The van der Waals surface area contributed by atoms with Gasteiger partial charge in [-0.15, -0.1) is 0 Å². The van der Waals surface area contributed by atoms with Gasteiger partial charge in [-0.2, -0.15) is 0 Å². The number of hydrogen-bond donors (Lipinski definition) is 1. The lowest BCUT2D eigenvalue weighted by Crippen LogP contribution is -2.52. The van der Waals surface area contributed by atoms with Crippen molar-refractivity contribution < 1.29 is 18.0 Å². The van der Waals surface area contributed by atoms with Gasteiger partial charge < -0.3 is 10.2 Å². The van der Waals surface area contributed by atoms with Crippen LogP contribution in [0.4, 0.5) is 5.69 Å². The third kappa shape index (κ3) is 8.42. The van der Waals surface area contributed by atoms with Crippen LogP contribution in [0.1, 0.15) is 32.8 Å². The van der Waals surface area contributed by atoms with Crippen molar-refractivity contribution in [3.8, 4) is 0 Å². The van der Waals surface area contributed by atoms with E-state index in [1.165, 1.54) is 17.0 Å². The molecule has 0 aliphatic heterocycles. The Kier molecular flexibility index (Phi) is 11.2. The highest BCUT2D eigenvalue weighted by Gasteiger charge is 2.32. The van der Waals surface area contributed by atoms with Crippen molar-refractivity contribution in [1.82, 2.24) is 10.2 Å². The molecule has 0 radical (unpaired) electrons. The Balaban J connectivity index is 2.48. The molecule has 0 fully saturated rings. The maximum absolute atomic E-state index is 13.7. The summed E-state index contributed by atoms with van der Waals surface area (Å²) in [6.45, 7) is 5.61. The number of hydrogen-bond acceptors (Lipinski definition) is 4. The molecule has 0 unspecified atom stereocenters. The Morgan fingerprint density at radius 3 is 2.08 bits per heavy atom. The standard InChI is InChI=1S/C24H29Cl4N3O4S/c1-5-21(24(33)29-12-15(2)3)30(13-16-6-8-17(25)9-7-16)23(32)14-31(36(4,34)35)22-11-19(27)18(26)10-20(22)28/h6-11,15,21H,5,12-14H2,1-4H3,(H,29,33)/t21-/m0/s1. The Bertz CT molecular complexity index is 1190. The number of rotatable bonds is 11. The number of sulfonamides is 1. The Hall–Kier alpha value is -1.71. The van der Waals surface area contributed by atoms with Gasteiger partial charge in [-0.05, 0) is 42.2 Å². The van der Waals surface area contributed by atoms with Gasteiger partial charge in [0.1, 0.15) is 12.6 Å². The summed E-state index contributed by atoms with van der Waals surface area (Å²) in [7, 11) is -3.97. The van der Waals surface area contributed by atoms with Gasteiger partial charge in [0.25, 0.3) is 0 Å². The number of halogens is 4. The van der Waals surface area contributed by atoms with Crippen LogP contribution in [0.2, 0.25) is 20.1 Å². The number of carbonyl (C=O) groups is 2. The van der Waals surface area contributed by atoms with E-state index in [0.29, 0.717) is 18.0 Å². The summed E-state index contributed by atoms with van der Waals surface area (Å²) in [5.74, 6) is -0.708. The molecule has 0 aromatic heterocycles. The molecule has 0 aliphatic carbocycles. The second-order valence-corrected chi connectivity index (χ2v) is 12.3. The minimum Gasteiger partial charge on any atom is -0.354 e. The molecule has 0 aliphatic rings. The lowest BCUT2D eigenvalue weighted by Gasteiger charge is -2.33. The van der Waals surface area contributed by atoms with Gasteiger partial charge in [-0.3, -0.25) is 13.9 Å². The predicted molar refractivity (Wildman–Crippen MR) is 148 cm³/mol. The van der Waals surface area contributed by atoms with Gasteiger partial charge in [-0.1, -0.05) is 79.3 Å². The van der Waals surface area contributed by atoms with Crippen LogP contribution < -0.4 is 9.62 Å². The van der Waals surface area contributed by atoms with Crippen LogP contribution in [-0.2, 0) is 26.2 Å². The van der Waals surface area contributed by atoms with Gasteiger partial charge >= 0.3 is 0 Å². The van der Waals surface area contributed by atoms with Crippen LogP contribution in [0.25, 0.3) is 0 Å². The van der Waals surface area contributed by atoms with E-state index in [-0.39, 0.29) is 39.1 Å². The Labute approximate surface area is 232 Å². The second kappa shape index (κ2) is 13.2. The lowest BCUT2D eigenvalue weighted by atomic mass is 10.1. The zero-order valence-electron chi connectivity index (χ0n) is 20.4. The average Bonchev–Trinajstić information content (AvgIpc) is 2.79. The van der Waals surface area contributed by atoms with E-state index in [1.807, 2.05) is 13.8 Å². The lowest BCUT2D eigenvalue weighted by molar-refractivity contribution is -0.140. The first-order chi connectivity index (χ1) is 16.7. The maximum Gasteiger partial charge on any atom is 0.244 e. The van der Waals surface area contributed by atoms with Gasteiger partial charge in [0.15, 0.2) is 0 Å². The second-order valence-electron chi connectivity index (χ2n) is 8.70. The number of anilines is 1. The zero-order valence-corrected chi connectivity index (χ0v) is 24.2. The molecule has 2 aromatic carbocycles. The molecule has 198 valence electrons. The highest BCUT2D eigenvalue weighted by Crippen LogP contribution is 2.35.